The average Bonchev–Trinajstić information content (AvgIpc) is 2.40. The fourth-order valence-corrected chi connectivity index (χ4v) is 1.98. The van der Waals surface area contributed by atoms with E-state index in [0.717, 1.165) is 0 Å². The van der Waals surface area contributed by atoms with Crippen molar-refractivity contribution in [3.8, 4) is 11.5 Å². The number of carboxylic acids is 1. The van der Waals surface area contributed by atoms with Gasteiger partial charge in [0.25, 0.3) is 5.69 Å². The van der Waals surface area contributed by atoms with E-state index < -0.39 is 10.9 Å². The second kappa shape index (κ2) is 5.62. The largest absolute Gasteiger partial charge is 0.478 e. The van der Waals surface area contributed by atoms with Crippen molar-refractivity contribution in [2.24, 2.45) is 0 Å². The molecule has 21 heavy (non-hydrogen) atoms. The van der Waals surface area contributed by atoms with E-state index in [4.69, 9.17) is 9.84 Å². The summed E-state index contributed by atoms with van der Waals surface area (Å²) in [4.78, 5) is 21.4. The first-order valence-electron chi connectivity index (χ1n) is 6.15. The van der Waals surface area contributed by atoms with Gasteiger partial charge in [-0.1, -0.05) is 6.07 Å². The van der Waals surface area contributed by atoms with Crippen molar-refractivity contribution in [3.63, 3.8) is 0 Å². The highest BCUT2D eigenvalue weighted by Crippen LogP contribution is 2.30. The summed E-state index contributed by atoms with van der Waals surface area (Å²) in [7, 11) is 0. The molecule has 108 valence electrons. The van der Waals surface area contributed by atoms with E-state index in [1.807, 2.05) is 0 Å². The standard InChI is InChI=1S/C15H13NO5/c1-9-6-11(16(19)20)8-12(7-9)21-14-5-3-4-13(10(14)2)15(17)18/h3-8H,1-2H3,(H,17,18). The number of benzene rings is 2. The Morgan fingerprint density at radius 3 is 2.57 bits per heavy atom. The normalized spacial score (nSPS) is 10.2. The zero-order valence-corrected chi connectivity index (χ0v) is 11.5. The third-order valence-corrected chi connectivity index (χ3v) is 2.99. The molecule has 0 saturated carbocycles. The lowest BCUT2D eigenvalue weighted by molar-refractivity contribution is -0.385. The number of nitro benzene ring substituents is 1. The van der Waals surface area contributed by atoms with Crippen LogP contribution in [0.3, 0.4) is 0 Å². The van der Waals surface area contributed by atoms with Crippen LogP contribution < -0.4 is 4.74 Å². The number of nitro groups is 1. The van der Waals surface area contributed by atoms with Crippen molar-refractivity contribution in [2.45, 2.75) is 13.8 Å². The number of carbonyl (C=O) groups is 1. The van der Waals surface area contributed by atoms with E-state index in [1.165, 1.54) is 18.2 Å². The first-order valence-corrected chi connectivity index (χ1v) is 6.15. The average molecular weight is 287 g/mol. The number of non-ortho nitro benzene ring substituents is 1. The van der Waals surface area contributed by atoms with E-state index in [9.17, 15) is 14.9 Å². The fourth-order valence-electron chi connectivity index (χ4n) is 1.98. The topological polar surface area (TPSA) is 89.7 Å². The van der Waals surface area contributed by atoms with Gasteiger partial charge in [0.15, 0.2) is 0 Å². The maximum atomic E-state index is 11.1. The van der Waals surface area contributed by atoms with Crippen molar-refractivity contribution >= 4 is 11.7 Å². The summed E-state index contributed by atoms with van der Waals surface area (Å²) in [6.45, 7) is 3.35. The Balaban J connectivity index is 2.41. The number of nitrogens with zero attached hydrogens (tertiary/aromatic N) is 1. The molecule has 0 heterocycles. The highest BCUT2D eigenvalue weighted by Gasteiger charge is 2.13. The Labute approximate surface area is 120 Å². The van der Waals surface area contributed by atoms with Crippen LogP contribution in [-0.4, -0.2) is 16.0 Å². The predicted octanol–water partition coefficient (Wildman–Crippen LogP) is 3.70. The van der Waals surface area contributed by atoms with Gasteiger partial charge in [-0.25, -0.2) is 4.79 Å². The summed E-state index contributed by atoms with van der Waals surface area (Å²) >= 11 is 0. The second-order valence-corrected chi connectivity index (χ2v) is 4.60. The van der Waals surface area contributed by atoms with Crippen LogP contribution in [0, 0.1) is 24.0 Å². The molecule has 0 aliphatic rings. The maximum absolute atomic E-state index is 11.1. The van der Waals surface area contributed by atoms with Gasteiger partial charge in [-0.15, -0.1) is 0 Å². The summed E-state index contributed by atoms with van der Waals surface area (Å²) in [6.07, 6.45) is 0. The molecule has 6 nitrogen and oxygen atoms in total. The summed E-state index contributed by atoms with van der Waals surface area (Å²) in [5, 5.41) is 19.9. The lowest BCUT2D eigenvalue weighted by atomic mass is 10.1. The number of hydrogen-bond acceptors (Lipinski definition) is 4. The van der Waals surface area contributed by atoms with Crippen LogP contribution in [0.4, 0.5) is 5.69 Å². The summed E-state index contributed by atoms with van der Waals surface area (Å²) < 4.78 is 5.60. The first kappa shape index (κ1) is 14.5. The van der Waals surface area contributed by atoms with Crippen LogP contribution in [0.2, 0.25) is 0 Å². The maximum Gasteiger partial charge on any atom is 0.336 e. The Bertz CT molecular complexity index is 724. The molecule has 2 aromatic carbocycles. The Kier molecular flexibility index (Phi) is 3.89. The van der Waals surface area contributed by atoms with Crippen LogP contribution in [0.5, 0.6) is 11.5 Å². The number of ether oxygens (including phenoxy) is 1. The molecule has 0 saturated heterocycles. The molecular formula is C15H13NO5. The molecule has 0 aromatic heterocycles. The van der Waals surface area contributed by atoms with Gasteiger partial charge >= 0.3 is 5.97 Å². The Morgan fingerprint density at radius 2 is 1.95 bits per heavy atom. The van der Waals surface area contributed by atoms with E-state index in [-0.39, 0.29) is 11.3 Å². The van der Waals surface area contributed by atoms with Crippen molar-refractivity contribution in [3.05, 3.63) is 63.2 Å². The van der Waals surface area contributed by atoms with Gasteiger partial charge in [0.2, 0.25) is 0 Å². The molecule has 0 amide bonds. The van der Waals surface area contributed by atoms with Gasteiger partial charge in [0.05, 0.1) is 16.6 Å². The molecule has 0 fully saturated rings. The molecule has 0 bridgehead atoms. The van der Waals surface area contributed by atoms with Gasteiger partial charge in [-0.2, -0.15) is 0 Å². The van der Waals surface area contributed by atoms with Crippen molar-refractivity contribution in [1.82, 2.24) is 0 Å². The van der Waals surface area contributed by atoms with Crippen molar-refractivity contribution in [1.29, 1.82) is 0 Å². The number of aromatic carboxylic acids is 1. The SMILES string of the molecule is Cc1cc(Oc2cccc(C(=O)O)c2C)cc([N+](=O)[O-])c1. The van der Waals surface area contributed by atoms with Gasteiger partial charge in [-0.3, -0.25) is 10.1 Å². The summed E-state index contributed by atoms with van der Waals surface area (Å²) in [5.41, 5.74) is 1.21. The predicted molar refractivity (Wildman–Crippen MR) is 76.0 cm³/mol. The van der Waals surface area contributed by atoms with E-state index in [2.05, 4.69) is 0 Å². The van der Waals surface area contributed by atoms with Crippen LogP contribution >= 0.6 is 0 Å². The molecule has 6 heteroatoms. The van der Waals surface area contributed by atoms with Gasteiger partial charge in [0.1, 0.15) is 11.5 Å². The van der Waals surface area contributed by atoms with Crippen LogP contribution in [-0.2, 0) is 0 Å². The smallest absolute Gasteiger partial charge is 0.336 e. The van der Waals surface area contributed by atoms with Gasteiger partial charge in [-0.05, 0) is 37.6 Å². The van der Waals surface area contributed by atoms with Crippen LogP contribution in [0.1, 0.15) is 21.5 Å². The lowest BCUT2D eigenvalue weighted by Crippen LogP contribution is -2.01. The molecular weight excluding hydrogens is 274 g/mol. The molecule has 0 aliphatic carbocycles. The van der Waals surface area contributed by atoms with Crippen molar-refractivity contribution in [2.75, 3.05) is 0 Å². The minimum Gasteiger partial charge on any atom is -0.478 e. The van der Waals surface area contributed by atoms with E-state index in [1.54, 1.807) is 32.0 Å². The second-order valence-electron chi connectivity index (χ2n) is 4.60. The third-order valence-electron chi connectivity index (χ3n) is 2.99. The molecule has 0 radical (unpaired) electrons. The Morgan fingerprint density at radius 1 is 1.24 bits per heavy atom. The number of hydrogen-bond donors (Lipinski definition) is 1. The highest BCUT2D eigenvalue weighted by molar-refractivity contribution is 5.90. The highest BCUT2D eigenvalue weighted by atomic mass is 16.6. The van der Waals surface area contributed by atoms with Gasteiger partial charge in [0, 0.05) is 11.6 Å². The number of carboxylic acid groups (broad SMARTS) is 1. The minimum atomic E-state index is -1.05. The third kappa shape index (κ3) is 3.17. The molecule has 2 aromatic rings. The molecule has 2 rings (SSSR count). The summed E-state index contributed by atoms with van der Waals surface area (Å²) in [5.74, 6) is -0.393. The number of rotatable bonds is 4. The Hall–Kier alpha value is -2.89. The number of aryl methyl sites for hydroxylation is 1. The lowest BCUT2D eigenvalue weighted by Gasteiger charge is -2.11. The fraction of sp³-hybridized carbons (Fsp3) is 0.133. The van der Waals surface area contributed by atoms with Gasteiger partial charge < -0.3 is 9.84 Å². The molecule has 0 atom stereocenters. The quantitative estimate of drug-likeness (QED) is 0.684. The monoisotopic (exact) mass is 287 g/mol. The van der Waals surface area contributed by atoms with Crippen LogP contribution in [0.15, 0.2) is 36.4 Å². The molecule has 1 N–H and O–H groups in total. The summed E-state index contributed by atoms with van der Waals surface area (Å²) in [6, 6.07) is 9.06. The zero-order valence-electron chi connectivity index (χ0n) is 11.5. The molecule has 0 spiro atoms. The zero-order chi connectivity index (χ0) is 15.6. The van der Waals surface area contributed by atoms with E-state index >= 15 is 0 Å². The first-order chi connectivity index (χ1) is 9.88. The molecule has 0 unspecified atom stereocenters. The van der Waals surface area contributed by atoms with E-state index in [0.29, 0.717) is 22.6 Å². The van der Waals surface area contributed by atoms with Crippen molar-refractivity contribution < 1.29 is 19.6 Å². The minimum absolute atomic E-state index is 0.0722. The molecule has 0 aliphatic heterocycles. The van der Waals surface area contributed by atoms with Crippen LogP contribution in [0.25, 0.3) is 0 Å².